The molecule has 0 bridgehead atoms. The second kappa shape index (κ2) is 10.7. The van der Waals surface area contributed by atoms with E-state index in [1.165, 1.54) is 15.9 Å². The van der Waals surface area contributed by atoms with E-state index in [9.17, 15) is 0 Å². The third kappa shape index (κ3) is 5.14. The number of benzene rings is 5. The Morgan fingerprint density at radius 2 is 1.06 bits per heavy atom. The molecule has 0 N–H and O–H groups in total. The number of hydrogen-bond acceptors (Lipinski definition) is 2. The molecule has 5 aromatic rings. The predicted octanol–water partition coefficient (Wildman–Crippen LogP) is 6.99. The van der Waals surface area contributed by atoms with Crippen LogP contribution in [0.3, 0.4) is 0 Å². The molecule has 0 aromatic heterocycles. The standard InChI is InChI=1S/C31H24NOP/c1-4-15-26(16-5-1)33-30-22-12-11-21-29(30)32-24-25-14-10-13-23-31(25)34(27-17-6-2-7-18-27)28-19-8-3-9-20-28/h1-24H. The van der Waals surface area contributed by atoms with Gasteiger partial charge in [0.05, 0.1) is 0 Å². The van der Waals surface area contributed by atoms with Gasteiger partial charge in [-0.05, 0) is 48.1 Å². The molecule has 0 heterocycles. The maximum Gasteiger partial charge on any atom is 0.153 e. The van der Waals surface area contributed by atoms with Crippen molar-refractivity contribution in [1.29, 1.82) is 0 Å². The Balaban J connectivity index is 1.53. The number of ether oxygens (including phenoxy) is 1. The summed E-state index contributed by atoms with van der Waals surface area (Å²) in [5.41, 5.74) is 1.90. The molecule has 5 aromatic carbocycles. The molecule has 0 unspecified atom stereocenters. The van der Waals surface area contributed by atoms with E-state index in [1.807, 2.05) is 60.8 Å². The van der Waals surface area contributed by atoms with Crippen molar-refractivity contribution in [3.8, 4) is 11.5 Å². The van der Waals surface area contributed by atoms with Gasteiger partial charge in [0.1, 0.15) is 11.4 Å². The summed E-state index contributed by atoms with van der Waals surface area (Å²) in [6.07, 6.45) is 1.96. The van der Waals surface area contributed by atoms with Crippen molar-refractivity contribution >= 4 is 35.7 Å². The van der Waals surface area contributed by atoms with E-state index >= 15 is 0 Å². The number of nitrogens with zero attached hydrogens (tertiary/aromatic N) is 1. The van der Waals surface area contributed by atoms with Crippen LogP contribution in [0.2, 0.25) is 0 Å². The summed E-state index contributed by atoms with van der Waals surface area (Å²) in [5.74, 6) is 1.53. The fourth-order valence-electron chi connectivity index (χ4n) is 3.79. The summed E-state index contributed by atoms with van der Waals surface area (Å²) in [5, 5.41) is 3.91. The molecule has 3 heteroatoms. The Kier molecular flexibility index (Phi) is 6.90. The molecule has 0 saturated carbocycles. The van der Waals surface area contributed by atoms with Gasteiger partial charge in [-0.3, -0.25) is 4.99 Å². The molecule has 5 rings (SSSR count). The molecule has 0 radical (unpaired) electrons. The van der Waals surface area contributed by atoms with Crippen molar-refractivity contribution in [2.75, 3.05) is 0 Å². The maximum atomic E-state index is 6.10. The van der Waals surface area contributed by atoms with Crippen LogP contribution in [0.15, 0.2) is 145 Å². The van der Waals surface area contributed by atoms with E-state index in [0.29, 0.717) is 0 Å². The van der Waals surface area contributed by atoms with Crippen LogP contribution in [0.25, 0.3) is 0 Å². The first-order valence-electron chi connectivity index (χ1n) is 11.2. The lowest BCUT2D eigenvalue weighted by Gasteiger charge is -2.21. The van der Waals surface area contributed by atoms with Crippen LogP contribution >= 0.6 is 7.92 Å². The zero-order chi connectivity index (χ0) is 23.0. The van der Waals surface area contributed by atoms with Gasteiger partial charge in [-0.15, -0.1) is 0 Å². The first-order chi connectivity index (χ1) is 16.9. The van der Waals surface area contributed by atoms with Crippen molar-refractivity contribution in [2.45, 2.75) is 0 Å². The van der Waals surface area contributed by atoms with Crippen LogP contribution < -0.4 is 20.7 Å². The minimum atomic E-state index is -0.717. The van der Waals surface area contributed by atoms with Crippen LogP contribution in [-0.2, 0) is 0 Å². The molecular weight excluding hydrogens is 433 g/mol. The largest absolute Gasteiger partial charge is 0.455 e. The van der Waals surface area contributed by atoms with Gasteiger partial charge in [-0.25, -0.2) is 0 Å². The highest BCUT2D eigenvalue weighted by atomic mass is 31.1. The highest BCUT2D eigenvalue weighted by Crippen LogP contribution is 2.35. The summed E-state index contributed by atoms with van der Waals surface area (Å²) in [7, 11) is -0.717. The SMILES string of the molecule is C(=Nc1ccccc1Oc1ccccc1)c1ccccc1P(c1ccccc1)c1ccccc1. The molecular formula is C31H24NOP. The lowest BCUT2D eigenvalue weighted by molar-refractivity contribution is 0.484. The molecule has 0 aliphatic rings. The van der Waals surface area contributed by atoms with Gasteiger partial charge in [-0.1, -0.05) is 115 Å². The maximum absolute atomic E-state index is 6.10. The minimum absolute atomic E-state index is 0.717. The zero-order valence-corrected chi connectivity index (χ0v) is 19.6. The number of hydrogen-bond donors (Lipinski definition) is 0. The van der Waals surface area contributed by atoms with Gasteiger partial charge in [0.25, 0.3) is 0 Å². The van der Waals surface area contributed by atoms with Crippen molar-refractivity contribution < 1.29 is 4.74 Å². The lowest BCUT2D eigenvalue weighted by Crippen LogP contribution is -2.23. The molecule has 0 spiro atoms. The minimum Gasteiger partial charge on any atom is -0.455 e. The third-order valence-corrected chi connectivity index (χ3v) is 7.90. The van der Waals surface area contributed by atoms with Crippen LogP contribution in [-0.4, -0.2) is 6.21 Å². The van der Waals surface area contributed by atoms with E-state index in [1.54, 1.807) is 0 Å². The van der Waals surface area contributed by atoms with Gasteiger partial charge in [0.2, 0.25) is 0 Å². The van der Waals surface area contributed by atoms with Gasteiger partial charge < -0.3 is 4.74 Å². The Labute approximate surface area is 202 Å². The fraction of sp³-hybridized carbons (Fsp3) is 0. The molecule has 164 valence electrons. The number of rotatable bonds is 7. The molecule has 0 saturated heterocycles. The highest BCUT2D eigenvalue weighted by molar-refractivity contribution is 7.80. The van der Waals surface area contributed by atoms with Crippen LogP contribution in [0, 0.1) is 0 Å². The van der Waals surface area contributed by atoms with E-state index < -0.39 is 7.92 Å². The molecule has 2 nitrogen and oxygen atoms in total. The Hall–Kier alpha value is -4.00. The second-order valence-corrected chi connectivity index (χ2v) is 9.89. The normalized spacial score (nSPS) is 11.1. The van der Waals surface area contributed by atoms with Gasteiger partial charge in [-0.2, -0.15) is 0 Å². The Bertz CT molecular complexity index is 1330. The van der Waals surface area contributed by atoms with Gasteiger partial charge >= 0.3 is 0 Å². The summed E-state index contributed by atoms with van der Waals surface area (Å²) < 4.78 is 6.10. The fourth-order valence-corrected chi connectivity index (χ4v) is 6.21. The van der Waals surface area contributed by atoms with Crippen molar-refractivity contribution in [3.05, 3.63) is 145 Å². The monoisotopic (exact) mass is 457 g/mol. The topological polar surface area (TPSA) is 21.6 Å². The van der Waals surface area contributed by atoms with Crippen molar-refractivity contribution in [2.24, 2.45) is 4.99 Å². The Morgan fingerprint density at radius 3 is 1.74 bits per heavy atom. The second-order valence-electron chi connectivity index (χ2n) is 7.71. The summed E-state index contributed by atoms with van der Waals surface area (Å²) in [6.45, 7) is 0. The smallest absolute Gasteiger partial charge is 0.153 e. The molecule has 0 aliphatic carbocycles. The molecule has 0 atom stereocenters. The lowest BCUT2D eigenvalue weighted by atomic mass is 10.2. The van der Waals surface area contributed by atoms with E-state index in [2.05, 4.69) is 84.9 Å². The third-order valence-electron chi connectivity index (χ3n) is 5.39. The zero-order valence-electron chi connectivity index (χ0n) is 18.7. The Morgan fingerprint density at radius 1 is 0.529 bits per heavy atom. The van der Waals surface area contributed by atoms with E-state index in [-0.39, 0.29) is 0 Å². The highest BCUT2D eigenvalue weighted by Gasteiger charge is 2.18. The summed E-state index contributed by atoms with van der Waals surface area (Å²) >= 11 is 0. The summed E-state index contributed by atoms with van der Waals surface area (Å²) in [4.78, 5) is 4.86. The number of para-hydroxylation sites is 3. The number of aliphatic imine (C=N–C) groups is 1. The van der Waals surface area contributed by atoms with Gasteiger partial charge in [0.15, 0.2) is 5.75 Å². The summed E-state index contributed by atoms with van der Waals surface area (Å²) in [6, 6.07) is 47.7. The van der Waals surface area contributed by atoms with Crippen molar-refractivity contribution in [1.82, 2.24) is 0 Å². The van der Waals surface area contributed by atoms with E-state index in [0.717, 1.165) is 22.7 Å². The van der Waals surface area contributed by atoms with Gasteiger partial charge in [0, 0.05) is 11.8 Å². The first kappa shape index (κ1) is 21.8. The molecule has 34 heavy (non-hydrogen) atoms. The van der Waals surface area contributed by atoms with Crippen LogP contribution in [0.4, 0.5) is 5.69 Å². The van der Waals surface area contributed by atoms with Crippen LogP contribution in [0.1, 0.15) is 5.56 Å². The van der Waals surface area contributed by atoms with Crippen molar-refractivity contribution in [3.63, 3.8) is 0 Å². The molecule has 0 aliphatic heterocycles. The average molecular weight is 458 g/mol. The first-order valence-corrected chi connectivity index (χ1v) is 12.6. The predicted molar refractivity (Wildman–Crippen MR) is 145 cm³/mol. The quantitative estimate of drug-likeness (QED) is 0.191. The molecule has 0 amide bonds. The van der Waals surface area contributed by atoms with E-state index in [4.69, 9.17) is 9.73 Å². The van der Waals surface area contributed by atoms with Crippen LogP contribution in [0.5, 0.6) is 11.5 Å². The average Bonchev–Trinajstić information content (AvgIpc) is 2.91. The molecule has 0 fully saturated rings.